The number of benzene rings is 1. The number of esters is 1. The highest BCUT2D eigenvalue weighted by Crippen LogP contribution is 2.13. The number of hydrogen-bond acceptors (Lipinski definition) is 7. The Hall–Kier alpha value is -3.60. The third-order valence-corrected chi connectivity index (χ3v) is 3.28. The summed E-state index contributed by atoms with van der Waals surface area (Å²) in [6.45, 7) is 0. The molecule has 0 saturated heterocycles. The zero-order chi connectivity index (χ0) is 19.1. The van der Waals surface area contributed by atoms with Gasteiger partial charge in [-0.1, -0.05) is 0 Å². The number of non-ortho nitro benzene ring substituents is 1. The standard InChI is InChI=1S/C15H13N5O5S/c1-25-14(22)11-3-2-8-16-12(11)17-15(26)19-18-13(21)9-4-6-10(7-5-9)20(23)24/h2-8H,1H3,(H,18,21)(H2,16,17,19,26). The van der Waals surface area contributed by atoms with Crippen molar-refractivity contribution in [3.05, 3.63) is 63.8 Å². The van der Waals surface area contributed by atoms with E-state index >= 15 is 0 Å². The molecule has 1 aromatic carbocycles. The Bertz CT molecular complexity index is 856. The van der Waals surface area contributed by atoms with Crippen molar-refractivity contribution in [2.24, 2.45) is 0 Å². The summed E-state index contributed by atoms with van der Waals surface area (Å²) in [5.74, 6) is -1.00. The summed E-state index contributed by atoms with van der Waals surface area (Å²) in [6, 6.07) is 8.09. The van der Waals surface area contributed by atoms with Crippen LogP contribution in [0.5, 0.6) is 0 Å². The van der Waals surface area contributed by atoms with Gasteiger partial charge in [-0.25, -0.2) is 9.78 Å². The topological polar surface area (TPSA) is 135 Å². The van der Waals surface area contributed by atoms with Crippen LogP contribution in [0.2, 0.25) is 0 Å². The number of rotatable bonds is 4. The number of hydrazine groups is 1. The van der Waals surface area contributed by atoms with Gasteiger partial charge in [0.05, 0.1) is 12.0 Å². The first kappa shape index (κ1) is 18.7. The van der Waals surface area contributed by atoms with Gasteiger partial charge < -0.3 is 10.1 Å². The lowest BCUT2D eigenvalue weighted by Crippen LogP contribution is -2.44. The number of amides is 1. The maximum Gasteiger partial charge on any atom is 0.341 e. The van der Waals surface area contributed by atoms with E-state index in [2.05, 4.69) is 25.9 Å². The van der Waals surface area contributed by atoms with Crippen LogP contribution in [0.1, 0.15) is 20.7 Å². The molecule has 0 aliphatic carbocycles. The molecule has 0 spiro atoms. The van der Waals surface area contributed by atoms with E-state index in [9.17, 15) is 19.7 Å². The normalized spacial score (nSPS) is 9.73. The molecule has 1 heterocycles. The molecular formula is C15H13N5O5S. The van der Waals surface area contributed by atoms with Gasteiger partial charge in [0.1, 0.15) is 11.4 Å². The van der Waals surface area contributed by atoms with Crippen LogP contribution in [0, 0.1) is 10.1 Å². The van der Waals surface area contributed by atoms with Crippen LogP contribution in [0.3, 0.4) is 0 Å². The van der Waals surface area contributed by atoms with E-state index in [-0.39, 0.29) is 27.7 Å². The summed E-state index contributed by atoms with van der Waals surface area (Å²) in [6.07, 6.45) is 1.45. The number of aromatic nitrogens is 1. The number of nitrogens with zero attached hydrogens (tertiary/aromatic N) is 2. The SMILES string of the molecule is COC(=O)c1cccnc1NC(=S)NNC(=O)c1ccc([N+](=O)[O-])cc1. The second kappa shape index (κ2) is 8.48. The molecule has 0 atom stereocenters. The predicted molar refractivity (Wildman–Crippen MR) is 95.5 cm³/mol. The number of nitro benzene ring substituents is 1. The van der Waals surface area contributed by atoms with E-state index in [1.807, 2.05) is 0 Å². The van der Waals surface area contributed by atoms with E-state index in [1.54, 1.807) is 6.07 Å². The van der Waals surface area contributed by atoms with Crippen molar-refractivity contribution in [2.75, 3.05) is 12.4 Å². The quantitative estimate of drug-likeness (QED) is 0.313. The average Bonchev–Trinajstić information content (AvgIpc) is 2.66. The summed E-state index contributed by atoms with van der Waals surface area (Å²) in [7, 11) is 1.24. The highest BCUT2D eigenvalue weighted by molar-refractivity contribution is 7.80. The first-order chi connectivity index (χ1) is 12.4. The van der Waals surface area contributed by atoms with Gasteiger partial charge in [0.15, 0.2) is 5.11 Å². The summed E-state index contributed by atoms with van der Waals surface area (Å²) in [4.78, 5) is 37.7. The molecule has 0 radical (unpaired) electrons. The van der Waals surface area contributed by atoms with Gasteiger partial charge in [0, 0.05) is 23.9 Å². The van der Waals surface area contributed by atoms with Crippen molar-refractivity contribution in [1.29, 1.82) is 0 Å². The number of nitro groups is 1. The molecule has 3 N–H and O–H groups in total. The molecular weight excluding hydrogens is 362 g/mol. The van der Waals surface area contributed by atoms with Crippen LogP contribution in [-0.2, 0) is 4.74 Å². The molecule has 1 aromatic heterocycles. The van der Waals surface area contributed by atoms with Crippen LogP contribution in [0.25, 0.3) is 0 Å². The zero-order valence-electron chi connectivity index (χ0n) is 13.4. The van der Waals surface area contributed by atoms with Gasteiger partial charge in [-0.15, -0.1) is 0 Å². The lowest BCUT2D eigenvalue weighted by molar-refractivity contribution is -0.384. The zero-order valence-corrected chi connectivity index (χ0v) is 14.2. The van der Waals surface area contributed by atoms with E-state index in [0.717, 1.165) is 0 Å². The minimum atomic E-state index is -0.599. The van der Waals surface area contributed by atoms with Crippen molar-refractivity contribution in [3.8, 4) is 0 Å². The summed E-state index contributed by atoms with van der Waals surface area (Å²) >= 11 is 5.02. The lowest BCUT2D eigenvalue weighted by Gasteiger charge is -2.12. The molecule has 0 aliphatic heterocycles. The van der Waals surface area contributed by atoms with Gasteiger partial charge >= 0.3 is 5.97 Å². The molecule has 2 aromatic rings. The molecule has 0 saturated carbocycles. The van der Waals surface area contributed by atoms with Gasteiger partial charge in [-0.05, 0) is 36.5 Å². The highest BCUT2D eigenvalue weighted by Gasteiger charge is 2.14. The summed E-state index contributed by atoms with van der Waals surface area (Å²) in [5, 5.41) is 13.2. The largest absolute Gasteiger partial charge is 0.465 e. The van der Waals surface area contributed by atoms with Crippen molar-refractivity contribution in [2.45, 2.75) is 0 Å². The number of thiocarbonyl (C=S) groups is 1. The molecule has 0 unspecified atom stereocenters. The number of carbonyl (C=O) groups is 2. The van der Waals surface area contributed by atoms with Crippen LogP contribution in [0.15, 0.2) is 42.6 Å². The van der Waals surface area contributed by atoms with Crippen molar-refractivity contribution < 1.29 is 19.2 Å². The smallest absolute Gasteiger partial charge is 0.341 e. The lowest BCUT2D eigenvalue weighted by atomic mass is 10.2. The maximum absolute atomic E-state index is 12.0. The fourth-order valence-electron chi connectivity index (χ4n) is 1.84. The summed E-state index contributed by atoms with van der Waals surface area (Å²) in [5.41, 5.74) is 5.00. The Labute approximate surface area is 152 Å². The molecule has 11 heteroatoms. The van der Waals surface area contributed by atoms with Crippen LogP contribution >= 0.6 is 12.2 Å². The maximum atomic E-state index is 12.0. The Morgan fingerprint density at radius 2 is 1.88 bits per heavy atom. The van der Waals surface area contributed by atoms with Gasteiger partial charge in [0.25, 0.3) is 11.6 Å². The molecule has 10 nitrogen and oxygen atoms in total. The predicted octanol–water partition coefficient (Wildman–Crippen LogP) is 1.41. The van der Waals surface area contributed by atoms with Crippen molar-refractivity contribution in [3.63, 3.8) is 0 Å². The summed E-state index contributed by atoms with van der Waals surface area (Å²) < 4.78 is 4.64. The molecule has 134 valence electrons. The first-order valence-electron chi connectivity index (χ1n) is 7.07. The number of methoxy groups -OCH3 is 1. The Kier molecular flexibility index (Phi) is 6.11. The van der Waals surface area contributed by atoms with E-state index in [4.69, 9.17) is 12.2 Å². The Balaban J connectivity index is 1.96. The molecule has 2 rings (SSSR count). The van der Waals surface area contributed by atoms with Crippen molar-refractivity contribution >= 4 is 40.7 Å². The third kappa shape index (κ3) is 4.70. The number of nitrogens with one attached hydrogen (secondary N) is 3. The molecule has 0 aliphatic rings. The number of pyridine rings is 1. The van der Waals surface area contributed by atoms with Gasteiger partial charge in [-0.3, -0.25) is 25.8 Å². The van der Waals surface area contributed by atoms with Crippen LogP contribution in [0.4, 0.5) is 11.5 Å². The van der Waals surface area contributed by atoms with E-state index in [1.165, 1.54) is 43.6 Å². The second-order valence-electron chi connectivity index (χ2n) is 4.73. The monoisotopic (exact) mass is 375 g/mol. The Morgan fingerprint density at radius 1 is 1.19 bits per heavy atom. The second-order valence-corrected chi connectivity index (χ2v) is 5.14. The van der Waals surface area contributed by atoms with E-state index in [0.29, 0.717) is 0 Å². The highest BCUT2D eigenvalue weighted by atomic mass is 32.1. The fourth-order valence-corrected chi connectivity index (χ4v) is 1.99. The van der Waals surface area contributed by atoms with Gasteiger partial charge in [-0.2, -0.15) is 0 Å². The number of anilines is 1. The van der Waals surface area contributed by atoms with Gasteiger partial charge in [0.2, 0.25) is 0 Å². The molecule has 0 bridgehead atoms. The minimum Gasteiger partial charge on any atom is -0.465 e. The number of hydrogen-bond donors (Lipinski definition) is 3. The molecule has 1 amide bonds. The minimum absolute atomic E-state index is 0.0240. The number of carbonyl (C=O) groups excluding carboxylic acids is 2. The van der Waals surface area contributed by atoms with Crippen LogP contribution < -0.4 is 16.2 Å². The third-order valence-electron chi connectivity index (χ3n) is 3.07. The van der Waals surface area contributed by atoms with E-state index < -0.39 is 16.8 Å². The first-order valence-corrected chi connectivity index (χ1v) is 7.48. The fraction of sp³-hybridized carbons (Fsp3) is 0.0667. The number of ether oxygens (including phenoxy) is 1. The Morgan fingerprint density at radius 3 is 2.50 bits per heavy atom. The average molecular weight is 375 g/mol. The molecule has 26 heavy (non-hydrogen) atoms. The van der Waals surface area contributed by atoms with Crippen LogP contribution in [-0.4, -0.2) is 34.0 Å². The molecule has 0 fully saturated rings. The van der Waals surface area contributed by atoms with Crippen molar-refractivity contribution in [1.82, 2.24) is 15.8 Å².